The molecule has 1 aromatic heterocycles. The fourth-order valence-electron chi connectivity index (χ4n) is 5.73. The number of methoxy groups -OCH3 is 1. The number of benzene rings is 1. The number of nitrogens with zero attached hydrogens (tertiary/aromatic N) is 5. The number of aromatic hydroxyl groups is 1. The molecule has 2 amide bonds. The van der Waals surface area contributed by atoms with Gasteiger partial charge in [0.05, 0.1) is 19.3 Å². The van der Waals surface area contributed by atoms with Crippen molar-refractivity contribution in [1.29, 1.82) is 0 Å². The summed E-state index contributed by atoms with van der Waals surface area (Å²) in [4.78, 5) is 28.5. The molecule has 0 spiro atoms. The van der Waals surface area contributed by atoms with Gasteiger partial charge in [0.25, 0.3) is 0 Å². The van der Waals surface area contributed by atoms with Crippen LogP contribution in [0.5, 0.6) is 11.5 Å². The Morgan fingerprint density at radius 2 is 1.86 bits per heavy atom. The van der Waals surface area contributed by atoms with Gasteiger partial charge in [0.2, 0.25) is 5.95 Å². The highest BCUT2D eigenvalue weighted by molar-refractivity contribution is 6.06. The van der Waals surface area contributed by atoms with E-state index in [9.17, 15) is 14.3 Å². The molecule has 2 heterocycles. The third-order valence-corrected chi connectivity index (χ3v) is 7.82. The molecule has 2 N–H and O–H groups in total. The molecule has 0 radical (unpaired) electrons. The van der Waals surface area contributed by atoms with Crippen LogP contribution < -0.4 is 19.9 Å². The molecule has 0 unspecified atom stereocenters. The number of halogens is 1. The van der Waals surface area contributed by atoms with Gasteiger partial charge in [-0.05, 0) is 52.6 Å². The third kappa shape index (κ3) is 4.66. The van der Waals surface area contributed by atoms with Crippen molar-refractivity contribution in [3.8, 4) is 11.5 Å². The molecule has 194 valence electrons. The van der Waals surface area contributed by atoms with E-state index in [1.165, 1.54) is 24.1 Å². The Hall–Kier alpha value is -3.14. The van der Waals surface area contributed by atoms with Gasteiger partial charge in [-0.3, -0.25) is 9.80 Å². The van der Waals surface area contributed by atoms with E-state index < -0.39 is 11.6 Å². The summed E-state index contributed by atoms with van der Waals surface area (Å²) in [5.74, 6) is -0.0250. The second kappa shape index (κ2) is 10.1. The normalized spacial score (nSPS) is 22.8. The predicted molar refractivity (Wildman–Crippen MR) is 136 cm³/mol. The maximum Gasteiger partial charge on any atom is 0.330 e. The maximum absolute atomic E-state index is 15.0. The minimum atomic E-state index is -0.855. The van der Waals surface area contributed by atoms with Crippen LogP contribution in [0.25, 0.3) is 0 Å². The number of carbonyl (C=O) groups is 1. The predicted octanol–water partition coefficient (Wildman–Crippen LogP) is 4.50. The number of carbonyl (C=O) groups excluding carboxylic acids is 1. The summed E-state index contributed by atoms with van der Waals surface area (Å²) in [6.07, 6.45) is 9.86. The van der Waals surface area contributed by atoms with Crippen LogP contribution >= 0.6 is 0 Å². The fourth-order valence-corrected chi connectivity index (χ4v) is 5.73. The number of phenolic OH excluding ortho intramolecular Hbond substituents is 1. The number of hydrogen-bond acceptors (Lipinski definition) is 7. The van der Waals surface area contributed by atoms with Crippen LogP contribution in [0.3, 0.4) is 0 Å². The van der Waals surface area contributed by atoms with Crippen molar-refractivity contribution in [3.63, 3.8) is 0 Å². The fraction of sp³-hybridized carbons (Fsp3) is 0.577. The standard InChI is InChI=1S/C26H35FN6O3/c1-31(2)18-10-8-17(9-11-18)29-25-28-14-16-15-32(21-12-20(36-3)13-22(34)23(21)27)26(35)33(24(16)30-25)19-6-4-5-7-19/h12-14,17-19,34H,4-11,15H2,1-3H3,(H,28,29,30). The van der Waals surface area contributed by atoms with Gasteiger partial charge in [0.15, 0.2) is 11.6 Å². The van der Waals surface area contributed by atoms with E-state index in [1.54, 1.807) is 11.1 Å². The Bertz CT molecular complexity index is 1120. The van der Waals surface area contributed by atoms with Crippen LogP contribution in [0.1, 0.15) is 56.9 Å². The van der Waals surface area contributed by atoms with Gasteiger partial charge in [0.1, 0.15) is 11.6 Å². The van der Waals surface area contributed by atoms with Crippen LogP contribution in [0.2, 0.25) is 0 Å². The van der Waals surface area contributed by atoms with Crippen molar-refractivity contribution in [1.82, 2.24) is 14.9 Å². The molecule has 5 rings (SSSR count). The highest BCUT2D eigenvalue weighted by Gasteiger charge is 2.40. The Morgan fingerprint density at radius 1 is 1.14 bits per heavy atom. The van der Waals surface area contributed by atoms with E-state index in [4.69, 9.17) is 9.72 Å². The molecular weight excluding hydrogens is 463 g/mol. The summed E-state index contributed by atoms with van der Waals surface area (Å²) in [5.41, 5.74) is 0.718. The first-order valence-corrected chi connectivity index (χ1v) is 12.8. The van der Waals surface area contributed by atoms with E-state index in [0.29, 0.717) is 23.8 Å². The van der Waals surface area contributed by atoms with E-state index >= 15 is 0 Å². The van der Waals surface area contributed by atoms with Gasteiger partial charge >= 0.3 is 6.03 Å². The maximum atomic E-state index is 15.0. The minimum Gasteiger partial charge on any atom is -0.505 e. The quantitative estimate of drug-likeness (QED) is 0.605. The molecule has 1 aliphatic heterocycles. The monoisotopic (exact) mass is 498 g/mol. The molecule has 36 heavy (non-hydrogen) atoms. The summed E-state index contributed by atoms with van der Waals surface area (Å²) >= 11 is 0. The molecule has 0 bridgehead atoms. The number of aromatic nitrogens is 2. The second-order valence-corrected chi connectivity index (χ2v) is 10.3. The van der Waals surface area contributed by atoms with Gasteiger partial charge in [-0.15, -0.1) is 0 Å². The van der Waals surface area contributed by atoms with Crippen molar-refractivity contribution in [2.24, 2.45) is 0 Å². The Morgan fingerprint density at radius 3 is 2.53 bits per heavy atom. The number of amides is 2. The number of urea groups is 1. The van der Waals surface area contributed by atoms with E-state index in [0.717, 1.165) is 56.9 Å². The van der Waals surface area contributed by atoms with Crippen LogP contribution in [0.15, 0.2) is 18.3 Å². The zero-order chi connectivity index (χ0) is 25.4. The SMILES string of the molecule is COc1cc(O)c(F)c(N2Cc3cnc(NC4CCC(N(C)C)CC4)nc3N(C3CCCC3)C2=O)c1. The van der Waals surface area contributed by atoms with Crippen molar-refractivity contribution < 1.29 is 19.0 Å². The van der Waals surface area contributed by atoms with Crippen LogP contribution in [-0.4, -0.2) is 65.3 Å². The topological polar surface area (TPSA) is 94.1 Å². The first-order chi connectivity index (χ1) is 17.4. The number of ether oxygens (including phenoxy) is 1. The zero-order valence-corrected chi connectivity index (χ0v) is 21.2. The molecule has 1 aromatic carbocycles. The first-order valence-electron chi connectivity index (χ1n) is 12.8. The van der Waals surface area contributed by atoms with E-state index in [-0.39, 0.29) is 30.1 Å². The number of rotatable bonds is 6. The molecule has 0 atom stereocenters. The molecular formula is C26H35FN6O3. The number of anilines is 3. The minimum absolute atomic E-state index is 0.0143. The average Bonchev–Trinajstić information content (AvgIpc) is 3.40. The van der Waals surface area contributed by atoms with E-state index in [2.05, 4.69) is 29.3 Å². The lowest BCUT2D eigenvalue weighted by Crippen LogP contribution is -2.52. The highest BCUT2D eigenvalue weighted by Crippen LogP contribution is 2.40. The lowest BCUT2D eigenvalue weighted by atomic mass is 9.91. The summed E-state index contributed by atoms with van der Waals surface area (Å²) in [6, 6.07) is 3.17. The summed E-state index contributed by atoms with van der Waals surface area (Å²) in [6.45, 7) is 0.106. The number of nitrogens with one attached hydrogen (secondary N) is 1. The molecule has 2 saturated carbocycles. The molecule has 2 aromatic rings. The summed E-state index contributed by atoms with van der Waals surface area (Å²) < 4.78 is 20.2. The number of fused-ring (bicyclic) bond motifs is 1. The van der Waals surface area contributed by atoms with Crippen molar-refractivity contribution in [3.05, 3.63) is 29.7 Å². The van der Waals surface area contributed by atoms with Crippen molar-refractivity contribution in [2.75, 3.05) is 36.3 Å². The zero-order valence-electron chi connectivity index (χ0n) is 21.2. The van der Waals surface area contributed by atoms with Crippen LogP contribution in [0, 0.1) is 5.82 Å². The Labute approximate surface area is 211 Å². The largest absolute Gasteiger partial charge is 0.505 e. The summed E-state index contributed by atoms with van der Waals surface area (Å²) in [5, 5.41) is 13.6. The smallest absolute Gasteiger partial charge is 0.330 e. The van der Waals surface area contributed by atoms with Gasteiger partial charge in [-0.1, -0.05) is 12.8 Å². The van der Waals surface area contributed by atoms with E-state index in [1.807, 2.05) is 0 Å². The van der Waals surface area contributed by atoms with Gasteiger partial charge in [-0.2, -0.15) is 4.98 Å². The molecule has 10 heteroatoms. The van der Waals surface area contributed by atoms with Gasteiger partial charge < -0.3 is 20.1 Å². The van der Waals surface area contributed by atoms with Crippen molar-refractivity contribution in [2.45, 2.75) is 76.0 Å². The van der Waals surface area contributed by atoms with Gasteiger partial charge in [0, 0.05) is 42.0 Å². The van der Waals surface area contributed by atoms with Crippen molar-refractivity contribution >= 4 is 23.5 Å². The first kappa shape index (κ1) is 24.5. The average molecular weight is 499 g/mol. The number of phenols is 1. The third-order valence-electron chi connectivity index (χ3n) is 7.82. The van der Waals surface area contributed by atoms with Crippen LogP contribution in [0.4, 0.5) is 26.6 Å². The molecule has 2 aliphatic carbocycles. The van der Waals surface area contributed by atoms with Crippen LogP contribution in [-0.2, 0) is 6.54 Å². The molecule has 3 aliphatic rings. The Balaban J connectivity index is 1.45. The highest BCUT2D eigenvalue weighted by atomic mass is 19.1. The second-order valence-electron chi connectivity index (χ2n) is 10.3. The number of hydrogen-bond donors (Lipinski definition) is 2. The molecule has 0 saturated heterocycles. The lowest BCUT2D eigenvalue weighted by Gasteiger charge is -2.39. The molecule has 2 fully saturated rings. The molecule has 9 nitrogen and oxygen atoms in total. The Kier molecular flexibility index (Phi) is 6.87. The lowest BCUT2D eigenvalue weighted by molar-refractivity contribution is 0.221. The van der Waals surface area contributed by atoms with Gasteiger partial charge in [-0.25, -0.2) is 14.2 Å². The summed E-state index contributed by atoms with van der Waals surface area (Å²) in [7, 11) is 5.69.